The van der Waals surface area contributed by atoms with Crippen molar-refractivity contribution in [3.05, 3.63) is 47.6 Å². The number of methoxy groups -OCH3 is 2. The highest BCUT2D eigenvalue weighted by atomic mass is 32.2. The lowest BCUT2D eigenvalue weighted by Crippen LogP contribution is -2.59. The summed E-state index contributed by atoms with van der Waals surface area (Å²) in [7, 11) is 4.12. The van der Waals surface area contributed by atoms with Gasteiger partial charge in [0.15, 0.2) is 5.78 Å². The number of nitrogens with one attached hydrogen (secondary N) is 1. The van der Waals surface area contributed by atoms with Gasteiger partial charge in [0, 0.05) is 75.6 Å². The van der Waals surface area contributed by atoms with Gasteiger partial charge in [0.25, 0.3) is 11.7 Å². The molecule has 2 heterocycles. The molecule has 3 fully saturated rings. The third kappa shape index (κ3) is 16.8. The van der Waals surface area contributed by atoms with E-state index in [-0.39, 0.29) is 74.3 Å². The average Bonchev–Trinajstić information content (AvgIpc) is 3.31. The number of rotatable bonds is 10. The van der Waals surface area contributed by atoms with E-state index in [4.69, 9.17) is 23.7 Å². The van der Waals surface area contributed by atoms with E-state index in [9.17, 15) is 51.7 Å². The maximum atomic E-state index is 14.1. The molecule has 3 N–H and O–H groups in total. The van der Waals surface area contributed by atoms with Gasteiger partial charge in [-0.3, -0.25) is 23.4 Å². The van der Waals surface area contributed by atoms with Crippen molar-refractivity contribution in [3.8, 4) is 0 Å². The Morgan fingerprint density at radius 3 is 2.25 bits per heavy atom. The van der Waals surface area contributed by atoms with Crippen LogP contribution in [0.2, 0.25) is 0 Å². The van der Waals surface area contributed by atoms with Crippen LogP contribution in [0.25, 0.3) is 0 Å². The number of ketones is 3. The number of amides is 1. The molecule has 1 amide bonds. The maximum absolute atomic E-state index is 14.1. The average molecular weight is 1030 g/mol. The summed E-state index contributed by atoms with van der Waals surface area (Å²) in [6.45, 7) is 11.7. The summed E-state index contributed by atoms with van der Waals surface area (Å²) in [5.74, 6) is -12.2. The Bertz CT molecular complexity index is 1990. The number of nitrogens with zero attached hydrogens (tertiary/aromatic N) is 1. The molecule has 0 aromatic heterocycles. The van der Waals surface area contributed by atoms with Crippen molar-refractivity contribution in [1.82, 2.24) is 9.62 Å². The summed E-state index contributed by atoms with van der Waals surface area (Å²) in [5.41, 5.74) is 0.920. The quantitative estimate of drug-likeness (QED) is 0.0958. The highest BCUT2D eigenvalue weighted by Gasteiger charge is 2.52. The van der Waals surface area contributed by atoms with Crippen LogP contribution in [0.15, 0.2) is 47.6 Å². The number of hydrogen-bond acceptors (Lipinski definition) is 14. The smallest absolute Gasteiger partial charge is 0.328 e. The van der Waals surface area contributed by atoms with E-state index in [1.807, 2.05) is 13.0 Å². The predicted molar refractivity (Wildman–Crippen MR) is 260 cm³/mol. The molecule has 19 heteroatoms. The first-order chi connectivity index (χ1) is 33.3. The van der Waals surface area contributed by atoms with Crippen LogP contribution >= 0.6 is 0 Å². The fourth-order valence-electron chi connectivity index (χ4n) is 10.1. The van der Waals surface area contributed by atoms with Gasteiger partial charge in [-0.1, -0.05) is 69.7 Å². The number of aliphatic hydroxyl groups excluding tert-OH is 1. The molecule has 2 saturated carbocycles. The number of cyclic esters (lactones) is 1. The Morgan fingerprint density at radius 2 is 1.62 bits per heavy atom. The first-order valence-electron chi connectivity index (χ1n) is 25.1. The second-order valence-electron chi connectivity index (χ2n) is 20.7. The van der Waals surface area contributed by atoms with Crippen molar-refractivity contribution in [2.75, 3.05) is 27.9 Å². The minimum absolute atomic E-state index is 0.00953. The first-order valence-corrected chi connectivity index (χ1v) is 26.1. The molecular formula is C52H79F2N2O14S-. The number of Topliss-reactive ketones (excluding diaryl/α,β-unsaturated/α-hetero) is 3. The summed E-state index contributed by atoms with van der Waals surface area (Å²) in [4.78, 5) is 70.5. The van der Waals surface area contributed by atoms with Crippen LogP contribution < -0.4 is 4.72 Å². The molecule has 71 heavy (non-hydrogen) atoms. The lowest BCUT2D eigenvalue weighted by Gasteiger charge is -2.42. The number of carbonyl (C=O) groups is 5. The van der Waals surface area contributed by atoms with E-state index < -0.39 is 101 Å². The molecule has 0 aromatic carbocycles. The molecule has 8 unspecified atom stereocenters. The lowest BCUT2D eigenvalue weighted by atomic mass is 9.78. The number of carbonyl (C=O) groups excluding carboxylic acids is 5. The Morgan fingerprint density at radius 1 is 0.930 bits per heavy atom. The molecule has 15 atom stereocenters. The molecule has 0 radical (unpaired) electrons. The SMILES string of the molecule is COC1C(=O)C(C)CC\C=C/C=C\C=C(\C)C(NS(=O)[O-])C[C@H]2CC[C@H](C)[C@](O)(O2)C(=O)C(=O)N(C)C(C)C(=O)OC([C@H](C)C[C@@H]2CC[C@@H](OCC3CC(F)(F)C3)[C@H](OC)C2)CC(=O)C(C)/C=C(/C)C1O. The summed E-state index contributed by atoms with van der Waals surface area (Å²) in [6, 6.07) is -2.19. The Balaban J connectivity index is 1.63. The van der Waals surface area contributed by atoms with Crippen molar-refractivity contribution in [2.24, 2.45) is 35.5 Å². The number of esters is 1. The van der Waals surface area contributed by atoms with Gasteiger partial charge >= 0.3 is 5.97 Å². The first kappa shape index (κ1) is 60.2. The molecule has 2 aliphatic heterocycles. The van der Waals surface area contributed by atoms with E-state index in [0.29, 0.717) is 56.1 Å². The number of aliphatic hydroxyl groups is 2. The number of halogens is 2. The minimum Gasteiger partial charge on any atom is -0.760 e. The van der Waals surface area contributed by atoms with Crippen molar-refractivity contribution in [3.63, 3.8) is 0 Å². The molecule has 4 aliphatic rings. The third-order valence-corrected chi connectivity index (χ3v) is 15.6. The van der Waals surface area contributed by atoms with Gasteiger partial charge in [-0.05, 0) is 102 Å². The summed E-state index contributed by atoms with van der Waals surface area (Å²) in [6.07, 6.45) is 8.50. The largest absolute Gasteiger partial charge is 0.760 e. The number of allylic oxidation sites excluding steroid dienone is 6. The van der Waals surface area contributed by atoms with Gasteiger partial charge in [0.2, 0.25) is 11.7 Å². The molecule has 2 aliphatic carbocycles. The predicted octanol–water partition coefficient (Wildman–Crippen LogP) is 6.21. The van der Waals surface area contributed by atoms with Gasteiger partial charge in [0.1, 0.15) is 30.1 Å². The number of hydrogen-bond donors (Lipinski definition) is 3. The minimum atomic E-state index is -2.70. The van der Waals surface area contributed by atoms with E-state index in [1.54, 1.807) is 72.1 Å². The zero-order chi connectivity index (χ0) is 53.0. The summed E-state index contributed by atoms with van der Waals surface area (Å²) >= 11 is -2.70. The normalized spacial score (nSPS) is 38.5. The van der Waals surface area contributed by atoms with Gasteiger partial charge in [-0.25, -0.2) is 18.3 Å². The highest BCUT2D eigenvalue weighted by Crippen LogP contribution is 2.43. The zero-order valence-electron chi connectivity index (χ0n) is 43.1. The molecule has 2 bridgehead atoms. The molecule has 1 saturated heterocycles. The zero-order valence-corrected chi connectivity index (χ0v) is 44.0. The van der Waals surface area contributed by atoms with Crippen molar-refractivity contribution in [2.45, 2.75) is 186 Å². The fourth-order valence-corrected chi connectivity index (χ4v) is 10.6. The van der Waals surface area contributed by atoms with E-state index in [2.05, 4.69) is 4.72 Å². The van der Waals surface area contributed by atoms with E-state index in [0.717, 1.165) is 4.90 Å². The Labute approximate surface area is 421 Å². The van der Waals surface area contributed by atoms with Crippen LogP contribution in [0.3, 0.4) is 0 Å². The summed E-state index contributed by atoms with van der Waals surface area (Å²) in [5, 5.41) is 23.2. The maximum Gasteiger partial charge on any atom is 0.328 e. The summed E-state index contributed by atoms with van der Waals surface area (Å²) < 4.78 is 82.7. The molecule has 0 aromatic rings. The Hall–Kier alpha value is -3.40. The number of fused-ring (bicyclic) bond motifs is 2. The van der Waals surface area contributed by atoms with Crippen LogP contribution in [-0.2, 0) is 58.9 Å². The molecule has 16 nitrogen and oxygen atoms in total. The lowest BCUT2D eigenvalue weighted by molar-refractivity contribution is -0.263. The second-order valence-corrected chi connectivity index (χ2v) is 21.4. The molecule has 402 valence electrons. The van der Waals surface area contributed by atoms with E-state index in [1.165, 1.54) is 21.1 Å². The van der Waals surface area contributed by atoms with Crippen LogP contribution in [0.4, 0.5) is 8.78 Å². The number of likely N-dealkylation sites (N-methyl/N-ethyl adjacent to an activating group) is 1. The highest BCUT2D eigenvalue weighted by molar-refractivity contribution is 7.77. The van der Waals surface area contributed by atoms with Gasteiger partial charge in [-0.2, -0.15) is 0 Å². The monoisotopic (exact) mass is 1030 g/mol. The standard InChI is InChI=1S/C52H80F2N2O14S/c1-30-16-14-12-11-13-15-17-31(2)45(58)47(67-10)46(59)34(5)22-32(3)41(57)26-43(33(4)23-37-19-21-42(44(24-37)66-9)68-29-38-27-51(53,54)28-38)69-50(62)36(7)56(8)49(61)48(60)52(63)35(6)18-20-39(70-52)25-40(30)55-71(64)65/h11-14,16,22,31-33,35-40,42-44,46-47,55,59,63H,15,17-21,23-29H2,1-10H3,(H,64,65)/p-1/b13-11-,14-12-,30-16-,34-22-/t31?,32?,33-,35+,36?,37+,39-,40?,42-,43?,44-,46?,47?,52+/m1/s1. The van der Waals surface area contributed by atoms with Crippen LogP contribution in [0, 0.1) is 35.5 Å². The second kappa shape index (κ2) is 27.2. The Kier molecular flexibility index (Phi) is 23.1. The fraction of sp³-hybridized carbons (Fsp3) is 0.750. The number of alkyl halides is 2. The van der Waals surface area contributed by atoms with Crippen LogP contribution in [0.5, 0.6) is 0 Å². The molecule has 4 rings (SSSR count). The van der Waals surface area contributed by atoms with Crippen molar-refractivity contribution >= 4 is 40.5 Å². The van der Waals surface area contributed by atoms with Gasteiger partial charge in [0.05, 0.1) is 24.9 Å². The van der Waals surface area contributed by atoms with Crippen molar-refractivity contribution in [1.29, 1.82) is 0 Å². The third-order valence-electron chi connectivity index (χ3n) is 15.1. The van der Waals surface area contributed by atoms with E-state index >= 15 is 0 Å². The molecular weight excluding hydrogens is 947 g/mol. The number of ether oxygens (including phenoxy) is 5. The van der Waals surface area contributed by atoms with Gasteiger partial charge < -0.3 is 43.4 Å². The van der Waals surface area contributed by atoms with Crippen LogP contribution in [0.1, 0.15) is 126 Å². The topological polar surface area (TPSA) is 227 Å². The molecule has 0 spiro atoms. The van der Waals surface area contributed by atoms with Gasteiger partial charge in [-0.15, -0.1) is 0 Å². The van der Waals surface area contributed by atoms with Crippen LogP contribution in [-0.4, -0.2) is 141 Å². The van der Waals surface area contributed by atoms with Crippen molar-refractivity contribution < 1.29 is 75.4 Å².